The fourth-order valence-electron chi connectivity index (χ4n) is 2.24. The van der Waals surface area contributed by atoms with Gasteiger partial charge in [0.2, 0.25) is 0 Å². The molecule has 0 radical (unpaired) electrons. The third-order valence-electron chi connectivity index (χ3n) is 3.26. The summed E-state index contributed by atoms with van der Waals surface area (Å²) in [6.45, 7) is 0. The van der Waals surface area contributed by atoms with Gasteiger partial charge in [-0.15, -0.1) is 0 Å². The zero-order valence-electron chi connectivity index (χ0n) is 10.2. The summed E-state index contributed by atoms with van der Waals surface area (Å²) >= 11 is 9.50. The van der Waals surface area contributed by atoms with E-state index in [1.54, 1.807) is 6.07 Å². The van der Waals surface area contributed by atoms with Crippen molar-refractivity contribution in [2.75, 3.05) is 0 Å². The fraction of sp³-hybridized carbons (Fsp3) is 0.400. The van der Waals surface area contributed by atoms with E-state index in [0.717, 1.165) is 29.3 Å². The lowest BCUT2D eigenvalue weighted by Crippen LogP contribution is -2.06. The largest absolute Gasteiger partial charge is 0.289 e. The first kappa shape index (κ1) is 13.8. The lowest BCUT2D eigenvalue weighted by molar-refractivity contribution is 0.102. The van der Waals surface area contributed by atoms with Crippen LogP contribution in [0.4, 0.5) is 0 Å². The van der Waals surface area contributed by atoms with Crippen molar-refractivity contribution in [2.45, 2.75) is 38.5 Å². The molecule has 0 N–H and O–H groups in total. The first-order chi connectivity index (χ1) is 8.68. The zero-order valence-corrected chi connectivity index (χ0v) is 12.6. The number of rotatable bonds is 2. The summed E-state index contributed by atoms with van der Waals surface area (Å²) in [6.07, 6.45) is 8.76. The van der Waals surface area contributed by atoms with Crippen LogP contribution in [0.1, 0.15) is 48.9 Å². The van der Waals surface area contributed by atoms with Gasteiger partial charge in [-0.2, -0.15) is 0 Å². The highest BCUT2D eigenvalue weighted by molar-refractivity contribution is 9.10. The van der Waals surface area contributed by atoms with Crippen LogP contribution in [-0.2, 0) is 0 Å². The predicted octanol–water partition coefficient (Wildman–Crippen LogP) is 5.57. The first-order valence-corrected chi connectivity index (χ1v) is 7.54. The Balaban J connectivity index is 2.26. The van der Waals surface area contributed by atoms with E-state index in [9.17, 15) is 4.79 Å². The zero-order chi connectivity index (χ0) is 13.0. The third kappa shape index (κ3) is 3.46. The Morgan fingerprint density at radius 3 is 2.78 bits per heavy atom. The maximum absolute atomic E-state index is 12.5. The molecule has 1 aliphatic rings. The summed E-state index contributed by atoms with van der Waals surface area (Å²) < 4.78 is 0.890. The Labute approximate surface area is 121 Å². The standard InChI is InChI=1S/C15H16BrClO/c16-12-8-9-14(17)13(10-12)15(18)11-6-4-2-1-3-5-7-11/h6,8-10H,1-5,7H2/b11-6+. The van der Waals surface area contributed by atoms with Crippen molar-refractivity contribution < 1.29 is 4.79 Å². The quantitative estimate of drug-likeness (QED) is 0.649. The molecule has 1 aliphatic carbocycles. The van der Waals surface area contributed by atoms with Crippen LogP contribution in [0.15, 0.2) is 34.3 Å². The van der Waals surface area contributed by atoms with Gasteiger partial charge in [-0.25, -0.2) is 0 Å². The van der Waals surface area contributed by atoms with Crippen molar-refractivity contribution in [3.8, 4) is 0 Å². The van der Waals surface area contributed by atoms with Crippen LogP contribution in [0.3, 0.4) is 0 Å². The van der Waals surface area contributed by atoms with Crippen LogP contribution in [0.25, 0.3) is 0 Å². The van der Waals surface area contributed by atoms with Gasteiger partial charge in [0.15, 0.2) is 5.78 Å². The molecule has 0 atom stereocenters. The summed E-state index contributed by atoms with van der Waals surface area (Å²) in [7, 11) is 0. The second-order valence-electron chi connectivity index (χ2n) is 4.64. The fourth-order valence-corrected chi connectivity index (χ4v) is 2.81. The summed E-state index contributed by atoms with van der Waals surface area (Å²) in [5.74, 6) is 0.0863. The number of hydrogen-bond acceptors (Lipinski definition) is 1. The Kier molecular flexibility index (Phi) is 5.02. The second kappa shape index (κ2) is 6.53. The minimum atomic E-state index is 0.0863. The van der Waals surface area contributed by atoms with Crippen molar-refractivity contribution in [3.63, 3.8) is 0 Å². The van der Waals surface area contributed by atoms with Crippen LogP contribution < -0.4 is 0 Å². The van der Waals surface area contributed by atoms with Crippen molar-refractivity contribution in [2.24, 2.45) is 0 Å². The highest BCUT2D eigenvalue weighted by Crippen LogP contribution is 2.26. The molecule has 1 nitrogen and oxygen atoms in total. The van der Waals surface area contributed by atoms with E-state index in [1.807, 2.05) is 12.1 Å². The number of carbonyl (C=O) groups is 1. The van der Waals surface area contributed by atoms with E-state index in [-0.39, 0.29) is 5.78 Å². The van der Waals surface area contributed by atoms with Crippen molar-refractivity contribution in [1.82, 2.24) is 0 Å². The Morgan fingerprint density at radius 1 is 1.17 bits per heavy atom. The van der Waals surface area contributed by atoms with Gasteiger partial charge >= 0.3 is 0 Å². The number of halogens is 2. The Hall–Kier alpha value is -0.600. The van der Waals surface area contributed by atoms with Gasteiger partial charge in [0, 0.05) is 10.0 Å². The highest BCUT2D eigenvalue weighted by Gasteiger charge is 2.16. The van der Waals surface area contributed by atoms with E-state index < -0.39 is 0 Å². The molecule has 0 saturated carbocycles. The average molecular weight is 328 g/mol. The molecule has 0 heterocycles. The van der Waals surface area contributed by atoms with E-state index in [4.69, 9.17) is 11.6 Å². The number of ketones is 1. The SMILES string of the molecule is O=C(/C1=C/CCCCCC1)c1cc(Br)ccc1Cl. The summed E-state index contributed by atoms with van der Waals surface area (Å²) in [5, 5.41) is 0.533. The number of allylic oxidation sites excluding steroid dienone is 2. The highest BCUT2D eigenvalue weighted by atomic mass is 79.9. The molecule has 0 unspecified atom stereocenters. The molecule has 0 fully saturated rings. The van der Waals surface area contributed by atoms with Crippen LogP contribution >= 0.6 is 27.5 Å². The normalized spacial score (nSPS) is 19.6. The van der Waals surface area contributed by atoms with Gasteiger partial charge in [0.05, 0.1) is 5.02 Å². The molecule has 96 valence electrons. The predicted molar refractivity (Wildman–Crippen MR) is 79.3 cm³/mol. The molecular formula is C15H16BrClO. The maximum atomic E-state index is 12.5. The van der Waals surface area contributed by atoms with Crippen LogP contribution in [0, 0.1) is 0 Å². The first-order valence-electron chi connectivity index (χ1n) is 6.37. The van der Waals surface area contributed by atoms with Crippen molar-refractivity contribution in [3.05, 3.63) is 44.9 Å². The molecule has 0 aliphatic heterocycles. The molecular weight excluding hydrogens is 312 g/mol. The number of benzene rings is 1. The van der Waals surface area contributed by atoms with E-state index in [0.29, 0.717) is 10.6 Å². The summed E-state index contributed by atoms with van der Waals surface area (Å²) in [6, 6.07) is 5.43. The van der Waals surface area contributed by atoms with Gasteiger partial charge in [-0.3, -0.25) is 4.79 Å². The molecule has 18 heavy (non-hydrogen) atoms. The Morgan fingerprint density at radius 2 is 1.94 bits per heavy atom. The molecule has 2 rings (SSSR count). The monoisotopic (exact) mass is 326 g/mol. The summed E-state index contributed by atoms with van der Waals surface area (Å²) in [5.41, 5.74) is 1.53. The van der Waals surface area contributed by atoms with Gasteiger partial charge in [0.25, 0.3) is 0 Å². The molecule has 0 aromatic heterocycles. The molecule has 0 saturated heterocycles. The van der Waals surface area contributed by atoms with Crippen LogP contribution in [0.5, 0.6) is 0 Å². The topological polar surface area (TPSA) is 17.1 Å². The van der Waals surface area contributed by atoms with E-state index >= 15 is 0 Å². The minimum absolute atomic E-state index is 0.0863. The molecule has 0 amide bonds. The average Bonchev–Trinajstić information content (AvgIpc) is 2.31. The van der Waals surface area contributed by atoms with Crippen molar-refractivity contribution >= 4 is 33.3 Å². The Bertz CT molecular complexity index is 479. The summed E-state index contributed by atoms with van der Waals surface area (Å²) in [4.78, 5) is 12.5. The molecule has 3 heteroatoms. The smallest absolute Gasteiger partial charge is 0.190 e. The van der Waals surface area contributed by atoms with E-state index in [1.165, 1.54) is 19.3 Å². The van der Waals surface area contributed by atoms with Crippen molar-refractivity contribution in [1.29, 1.82) is 0 Å². The second-order valence-corrected chi connectivity index (χ2v) is 5.96. The molecule has 0 spiro atoms. The van der Waals surface area contributed by atoms with Gasteiger partial charge in [0.1, 0.15) is 0 Å². The third-order valence-corrected chi connectivity index (χ3v) is 4.08. The van der Waals surface area contributed by atoms with E-state index in [2.05, 4.69) is 22.0 Å². The molecule has 0 bridgehead atoms. The molecule has 1 aromatic carbocycles. The van der Waals surface area contributed by atoms with Gasteiger partial charge in [-0.05, 0) is 49.5 Å². The number of hydrogen-bond donors (Lipinski definition) is 0. The number of Topliss-reactive ketones (excluding diaryl/α,β-unsaturated/α-hetero) is 1. The maximum Gasteiger partial charge on any atom is 0.190 e. The van der Waals surface area contributed by atoms with Gasteiger partial charge in [-0.1, -0.05) is 46.4 Å². The lowest BCUT2D eigenvalue weighted by atomic mass is 9.94. The van der Waals surface area contributed by atoms with Crippen LogP contribution in [0.2, 0.25) is 5.02 Å². The van der Waals surface area contributed by atoms with Gasteiger partial charge < -0.3 is 0 Å². The number of carbonyl (C=O) groups excluding carboxylic acids is 1. The minimum Gasteiger partial charge on any atom is -0.289 e. The van der Waals surface area contributed by atoms with Crippen LogP contribution in [-0.4, -0.2) is 5.78 Å². The lowest BCUT2D eigenvalue weighted by Gasteiger charge is -2.11. The molecule has 1 aromatic rings.